The van der Waals surface area contributed by atoms with Gasteiger partial charge >= 0.3 is 0 Å². The summed E-state index contributed by atoms with van der Waals surface area (Å²) in [5.41, 5.74) is 3.86. The summed E-state index contributed by atoms with van der Waals surface area (Å²) < 4.78 is 0. The maximum Gasteiger partial charge on any atom is 0.0472 e. The molecule has 1 aromatic heterocycles. The molecule has 0 saturated heterocycles. The van der Waals surface area contributed by atoms with Gasteiger partial charge in [-0.1, -0.05) is 48.0 Å². The van der Waals surface area contributed by atoms with Crippen molar-refractivity contribution in [2.75, 3.05) is 0 Å². The molecule has 0 radical (unpaired) electrons. The van der Waals surface area contributed by atoms with Crippen LogP contribution < -0.4 is 5.32 Å². The van der Waals surface area contributed by atoms with Gasteiger partial charge in [-0.25, -0.2) is 0 Å². The summed E-state index contributed by atoms with van der Waals surface area (Å²) in [6.07, 6.45) is 3.31. The maximum absolute atomic E-state index is 6.02. The lowest BCUT2D eigenvalue weighted by Gasteiger charge is -2.04. The number of hydrogen-bond acceptors (Lipinski definition) is 1. The minimum atomic E-state index is 0.602. The standard InChI is InChI=1S/C18H17ClN2/c19-14-6-7-15-13(10-20-17(15)8-14)11-21-18-9-16(18)12-4-2-1-3-5-12/h1-8,10,16,18,20-21H,9,11H2. The van der Waals surface area contributed by atoms with Gasteiger partial charge in [0.2, 0.25) is 0 Å². The molecule has 1 aliphatic rings. The fourth-order valence-corrected chi connectivity index (χ4v) is 3.21. The van der Waals surface area contributed by atoms with Crippen LogP contribution in [0, 0.1) is 0 Å². The highest BCUT2D eigenvalue weighted by atomic mass is 35.5. The molecule has 1 fully saturated rings. The largest absolute Gasteiger partial charge is 0.361 e. The smallest absolute Gasteiger partial charge is 0.0472 e. The van der Waals surface area contributed by atoms with Gasteiger partial charge in [-0.2, -0.15) is 0 Å². The van der Waals surface area contributed by atoms with Crippen molar-refractivity contribution in [3.8, 4) is 0 Å². The maximum atomic E-state index is 6.02. The van der Waals surface area contributed by atoms with E-state index in [1.165, 1.54) is 22.9 Å². The Balaban J connectivity index is 1.43. The van der Waals surface area contributed by atoms with Crippen molar-refractivity contribution in [1.82, 2.24) is 10.3 Å². The Morgan fingerprint density at radius 3 is 2.86 bits per heavy atom. The molecule has 2 aromatic carbocycles. The Morgan fingerprint density at radius 2 is 2.00 bits per heavy atom. The first kappa shape index (κ1) is 12.9. The van der Waals surface area contributed by atoms with Gasteiger partial charge in [0.25, 0.3) is 0 Å². The van der Waals surface area contributed by atoms with Crippen LogP contribution in [0.1, 0.15) is 23.5 Å². The molecule has 0 bridgehead atoms. The van der Waals surface area contributed by atoms with E-state index in [4.69, 9.17) is 11.6 Å². The third kappa shape index (κ3) is 2.57. The molecule has 3 heteroatoms. The molecule has 1 aliphatic carbocycles. The van der Waals surface area contributed by atoms with Gasteiger partial charge < -0.3 is 10.3 Å². The van der Waals surface area contributed by atoms with Crippen molar-refractivity contribution in [2.45, 2.75) is 24.9 Å². The lowest BCUT2D eigenvalue weighted by atomic mass is 10.1. The molecule has 0 amide bonds. The molecular formula is C18H17ClN2. The van der Waals surface area contributed by atoms with E-state index < -0.39 is 0 Å². The summed E-state index contributed by atoms with van der Waals surface area (Å²) in [6.45, 7) is 0.898. The molecule has 3 aromatic rings. The van der Waals surface area contributed by atoms with Crippen molar-refractivity contribution in [3.63, 3.8) is 0 Å². The first-order chi connectivity index (χ1) is 10.3. The molecule has 1 saturated carbocycles. The van der Waals surface area contributed by atoms with Crippen LogP contribution in [0.5, 0.6) is 0 Å². The van der Waals surface area contributed by atoms with Crippen LogP contribution in [0.3, 0.4) is 0 Å². The number of rotatable bonds is 4. The van der Waals surface area contributed by atoms with Crippen LogP contribution in [0.4, 0.5) is 0 Å². The van der Waals surface area contributed by atoms with E-state index >= 15 is 0 Å². The second-order valence-electron chi connectivity index (χ2n) is 5.74. The predicted molar refractivity (Wildman–Crippen MR) is 87.7 cm³/mol. The summed E-state index contributed by atoms with van der Waals surface area (Å²) in [7, 11) is 0. The highest BCUT2D eigenvalue weighted by Crippen LogP contribution is 2.40. The van der Waals surface area contributed by atoms with E-state index in [9.17, 15) is 0 Å². The van der Waals surface area contributed by atoms with Crippen molar-refractivity contribution in [1.29, 1.82) is 0 Å². The van der Waals surface area contributed by atoms with E-state index in [-0.39, 0.29) is 0 Å². The minimum absolute atomic E-state index is 0.602. The van der Waals surface area contributed by atoms with Gasteiger partial charge in [0.15, 0.2) is 0 Å². The van der Waals surface area contributed by atoms with Crippen molar-refractivity contribution in [2.24, 2.45) is 0 Å². The Kier molecular flexibility index (Phi) is 3.21. The highest BCUT2D eigenvalue weighted by Gasteiger charge is 2.37. The van der Waals surface area contributed by atoms with Crippen LogP contribution in [0.15, 0.2) is 54.7 Å². The zero-order valence-electron chi connectivity index (χ0n) is 11.6. The first-order valence-corrected chi connectivity index (χ1v) is 7.73. The van der Waals surface area contributed by atoms with Gasteiger partial charge in [0, 0.05) is 40.6 Å². The van der Waals surface area contributed by atoms with E-state index in [1.807, 2.05) is 12.1 Å². The van der Waals surface area contributed by atoms with E-state index in [0.29, 0.717) is 12.0 Å². The van der Waals surface area contributed by atoms with E-state index in [1.54, 1.807) is 0 Å². The normalized spacial score (nSPS) is 20.8. The zero-order chi connectivity index (χ0) is 14.2. The average Bonchev–Trinajstić information content (AvgIpc) is 3.19. The van der Waals surface area contributed by atoms with Gasteiger partial charge in [-0.3, -0.25) is 0 Å². The molecular weight excluding hydrogens is 280 g/mol. The molecule has 1 heterocycles. The monoisotopic (exact) mass is 296 g/mol. The lowest BCUT2D eigenvalue weighted by Crippen LogP contribution is -2.16. The summed E-state index contributed by atoms with van der Waals surface area (Å²) in [5, 5.41) is 5.69. The van der Waals surface area contributed by atoms with Crippen molar-refractivity contribution < 1.29 is 0 Å². The lowest BCUT2D eigenvalue weighted by molar-refractivity contribution is 0.675. The summed E-state index contributed by atoms with van der Waals surface area (Å²) in [4.78, 5) is 3.29. The van der Waals surface area contributed by atoms with E-state index in [0.717, 1.165) is 17.1 Å². The SMILES string of the molecule is Clc1ccc2c(CNC3CC3c3ccccc3)c[nH]c2c1. The average molecular weight is 297 g/mol. The van der Waals surface area contributed by atoms with Crippen LogP contribution in [-0.2, 0) is 6.54 Å². The molecule has 106 valence electrons. The minimum Gasteiger partial charge on any atom is -0.361 e. The number of aromatic amines is 1. The highest BCUT2D eigenvalue weighted by molar-refractivity contribution is 6.31. The molecule has 2 unspecified atom stereocenters. The molecule has 0 spiro atoms. The number of halogens is 1. The third-order valence-corrected chi connectivity index (χ3v) is 4.54. The molecule has 2 nitrogen and oxygen atoms in total. The van der Waals surface area contributed by atoms with Crippen LogP contribution >= 0.6 is 11.6 Å². The number of aromatic nitrogens is 1. The Bertz CT molecular complexity index is 763. The van der Waals surface area contributed by atoms with Crippen LogP contribution in [-0.4, -0.2) is 11.0 Å². The Morgan fingerprint density at radius 1 is 1.14 bits per heavy atom. The second kappa shape index (κ2) is 5.21. The van der Waals surface area contributed by atoms with Gasteiger partial charge in [-0.05, 0) is 29.7 Å². The van der Waals surface area contributed by atoms with Crippen LogP contribution in [0.2, 0.25) is 5.02 Å². The molecule has 2 atom stereocenters. The van der Waals surface area contributed by atoms with Gasteiger partial charge in [0.1, 0.15) is 0 Å². The molecule has 0 aliphatic heterocycles. The summed E-state index contributed by atoms with van der Waals surface area (Å²) in [6, 6.07) is 17.4. The summed E-state index contributed by atoms with van der Waals surface area (Å²) in [5.74, 6) is 0.672. The fourth-order valence-electron chi connectivity index (χ4n) is 3.04. The number of fused-ring (bicyclic) bond motifs is 1. The number of hydrogen-bond donors (Lipinski definition) is 2. The first-order valence-electron chi connectivity index (χ1n) is 7.35. The predicted octanol–water partition coefficient (Wildman–Crippen LogP) is 4.47. The van der Waals surface area contributed by atoms with Crippen molar-refractivity contribution >= 4 is 22.5 Å². The second-order valence-corrected chi connectivity index (χ2v) is 6.18. The number of H-pyrrole nitrogens is 1. The molecule has 21 heavy (non-hydrogen) atoms. The number of nitrogens with one attached hydrogen (secondary N) is 2. The Hall–Kier alpha value is -1.77. The number of benzene rings is 2. The quantitative estimate of drug-likeness (QED) is 0.730. The molecule has 2 N–H and O–H groups in total. The van der Waals surface area contributed by atoms with Crippen LogP contribution in [0.25, 0.3) is 10.9 Å². The van der Waals surface area contributed by atoms with Gasteiger partial charge in [-0.15, -0.1) is 0 Å². The van der Waals surface area contributed by atoms with Gasteiger partial charge in [0.05, 0.1) is 0 Å². The topological polar surface area (TPSA) is 27.8 Å². The third-order valence-electron chi connectivity index (χ3n) is 4.30. The Labute approximate surface area is 129 Å². The zero-order valence-corrected chi connectivity index (χ0v) is 12.4. The van der Waals surface area contributed by atoms with E-state index in [2.05, 4.69) is 52.9 Å². The summed E-state index contributed by atoms with van der Waals surface area (Å²) >= 11 is 6.02. The molecule has 4 rings (SSSR count). The fraction of sp³-hybridized carbons (Fsp3) is 0.222. The van der Waals surface area contributed by atoms with Crippen molar-refractivity contribution in [3.05, 3.63) is 70.9 Å².